The van der Waals surface area contributed by atoms with Crippen molar-refractivity contribution in [2.75, 3.05) is 5.32 Å². The molecule has 0 amide bonds. The molecule has 0 unspecified atom stereocenters. The molecule has 1 N–H and O–H groups in total. The number of hydrogen-bond donors (Lipinski definition) is 1. The molecule has 0 radical (unpaired) electrons. The van der Waals surface area contributed by atoms with Crippen LogP contribution in [-0.4, -0.2) is 20.5 Å². The fourth-order valence-electron chi connectivity index (χ4n) is 2.09. The number of nitrogens with one attached hydrogen (secondary N) is 1. The van der Waals surface area contributed by atoms with Gasteiger partial charge in [0.05, 0.1) is 4.92 Å². The second-order valence-electron chi connectivity index (χ2n) is 5.82. The predicted molar refractivity (Wildman–Crippen MR) is 88.1 cm³/mol. The highest BCUT2D eigenvalue weighted by Gasteiger charge is 2.17. The van der Waals surface area contributed by atoms with Crippen molar-refractivity contribution < 1.29 is 9.72 Å². The van der Waals surface area contributed by atoms with Gasteiger partial charge in [-0.2, -0.15) is 5.10 Å². The first-order valence-electron chi connectivity index (χ1n) is 7.46. The molecular formula is C16H20N4O3. The summed E-state index contributed by atoms with van der Waals surface area (Å²) in [5, 5.41) is 18.5. The maximum absolute atomic E-state index is 11.4. The zero-order chi connectivity index (χ0) is 17.0. The summed E-state index contributed by atoms with van der Waals surface area (Å²) in [5.41, 5.74) is 0.480. The van der Waals surface area contributed by atoms with E-state index in [4.69, 9.17) is 0 Å². The van der Waals surface area contributed by atoms with Crippen molar-refractivity contribution in [3.05, 3.63) is 46.1 Å². The average Bonchev–Trinajstić information content (AvgIpc) is 2.92. The Morgan fingerprint density at radius 3 is 2.74 bits per heavy atom. The SMILES string of the molecule is CC(=O)c1ccc(Nc2ccn(CCC(C)C)n2)c([N+](=O)[O-])c1. The highest BCUT2D eigenvalue weighted by atomic mass is 16.6. The molecule has 122 valence electrons. The third-order valence-electron chi connectivity index (χ3n) is 3.44. The third-order valence-corrected chi connectivity index (χ3v) is 3.44. The second kappa shape index (κ2) is 7.04. The molecule has 2 aromatic rings. The van der Waals surface area contributed by atoms with Crippen LogP contribution in [0.1, 0.15) is 37.6 Å². The number of ketones is 1. The van der Waals surface area contributed by atoms with E-state index in [-0.39, 0.29) is 11.5 Å². The van der Waals surface area contributed by atoms with Crippen LogP contribution >= 0.6 is 0 Å². The van der Waals surface area contributed by atoms with Gasteiger partial charge in [0.25, 0.3) is 5.69 Å². The molecule has 0 fully saturated rings. The lowest BCUT2D eigenvalue weighted by Crippen LogP contribution is -2.04. The molecule has 0 aliphatic heterocycles. The number of carbonyl (C=O) groups excluding carboxylic acids is 1. The van der Waals surface area contributed by atoms with E-state index in [0.29, 0.717) is 23.0 Å². The predicted octanol–water partition coefficient (Wildman–Crippen LogP) is 3.78. The molecule has 0 aliphatic rings. The van der Waals surface area contributed by atoms with Crippen molar-refractivity contribution in [1.29, 1.82) is 0 Å². The van der Waals surface area contributed by atoms with E-state index < -0.39 is 4.92 Å². The van der Waals surface area contributed by atoms with Crippen molar-refractivity contribution >= 4 is 23.0 Å². The summed E-state index contributed by atoms with van der Waals surface area (Å²) in [6.07, 6.45) is 2.84. The van der Waals surface area contributed by atoms with E-state index in [1.165, 1.54) is 19.1 Å². The zero-order valence-electron chi connectivity index (χ0n) is 13.4. The van der Waals surface area contributed by atoms with Crippen molar-refractivity contribution in [3.63, 3.8) is 0 Å². The minimum Gasteiger partial charge on any atom is -0.333 e. The smallest absolute Gasteiger partial charge is 0.293 e. The Morgan fingerprint density at radius 1 is 1.39 bits per heavy atom. The molecule has 23 heavy (non-hydrogen) atoms. The normalized spacial score (nSPS) is 10.8. The molecule has 7 heteroatoms. The first-order chi connectivity index (χ1) is 10.9. The van der Waals surface area contributed by atoms with Gasteiger partial charge in [-0.3, -0.25) is 19.6 Å². The van der Waals surface area contributed by atoms with E-state index >= 15 is 0 Å². The number of Topliss-reactive ketones (excluding diaryl/α,β-unsaturated/α-hetero) is 1. The minimum absolute atomic E-state index is 0.144. The number of aromatic nitrogens is 2. The van der Waals surface area contributed by atoms with Gasteiger partial charge in [0.15, 0.2) is 11.6 Å². The van der Waals surface area contributed by atoms with Gasteiger partial charge in [-0.1, -0.05) is 13.8 Å². The minimum atomic E-state index is -0.509. The summed E-state index contributed by atoms with van der Waals surface area (Å²) in [7, 11) is 0. The number of rotatable bonds is 7. The fraction of sp³-hybridized carbons (Fsp3) is 0.375. The average molecular weight is 316 g/mol. The molecule has 0 spiro atoms. The highest BCUT2D eigenvalue weighted by Crippen LogP contribution is 2.28. The van der Waals surface area contributed by atoms with E-state index in [9.17, 15) is 14.9 Å². The summed E-state index contributed by atoms with van der Waals surface area (Å²) >= 11 is 0. The van der Waals surface area contributed by atoms with E-state index in [0.717, 1.165) is 13.0 Å². The molecule has 0 atom stereocenters. The highest BCUT2D eigenvalue weighted by molar-refractivity contribution is 5.95. The van der Waals surface area contributed by atoms with Gasteiger partial charge in [-0.15, -0.1) is 0 Å². The zero-order valence-corrected chi connectivity index (χ0v) is 13.4. The molecule has 1 aromatic carbocycles. The summed E-state index contributed by atoms with van der Waals surface area (Å²) in [4.78, 5) is 22.1. The van der Waals surface area contributed by atoms with Crippen molar-refractivity contribution in [2.24, 2.45) is 5.92 Å². The Labute approximate surface area is 134 Å². The largest absolute Gasteiger partial charge is 0.333 e. The van der Waals surface area contributed by atoms with Crippen LogP contribution in [-0.2, 0) is 6.54 Å². The molecule has 1 aromatic heterocycles. The van der Waals surface area contributed by atoms with Crippen LogP contribution in [0, 0.1) is 16.0 Å². The van der Waals surface area contributed by atoms with Crippen molar-refractivity contribution in [1.82, 2.24) is 9.78 Å². The Kier molecular flexibility index (Phi) is 5.10. The number of benzene rings is 1. The first-order valence-corrected chi connectivity index (χ1v) is 7.46. The van der Waals surface area contributed by atoms with Crippen LogP contribution in [0.15, 0.2) is 30.5 Å². The number of anilines is 2. The van der Waals surface area contributed by atoms with Crippen LogP contribution in [0.2, 0.25) is 0 Å². The molecule has 1 heterocycles. The number of carbonyl (C=O) groups is 1. The van der Waals surface area contributed by atoms with Crippen LogP contribution < -0.4 is 5.32 Å². The van der Waals surface area contributed by atoms with Gasteiger partial charge in [0, 0.05) is 30.4 Å². The van der Waals surface area contributed by atoms with Crippen LogP contribution in [0.5, 0.6) is 0 Å². The monoisotopic (exact) mass is 316 g/mol. The maximum atomic E-state index is 11.4. The van der Waals surface area contributed by atoms with E-state index in [1.54, 1.807) is 16.8 Å². The standard InChI is InChI=1S/C16H20N4O3/c1-11(2)6-8-19-9-7-16(18-19)17-14-5-4-13(12(3)21)10-15(14)20(22)23/h4-5,7,9-11H,6,8H2,1-3H3,(H,17,18). The van der Waals surface area contributed by atoms with E-state index in [1.807, 2.05) is 6.20 Å². The molecule has 0 aliphatic carbocycles. The van der Waals surface area contributed by atoms with Crippen molar-refractivity contribution in [3.8, 4) is 0 Å². The van der Waals surface area contributed by atoms with Crippen LogP contribution in [0.25, 0.3) is 0 Å². The van der Waals surface area contributed by atoms with Gasteiger partial charge >= 0.3 is 0 Å². The van der Waals surface area contributed by atoms with Gasteiger partial charge < -0.3 is 5.32 Å². The Balaban J connectivity index is 2.19. The Bertz CT molecular complexity index is 722. The molecule has 0 bridgehead atoms. The summed E-state index contributed by atoms with van der Waals surface area (Å²) in [5.74, 6) is 0.904. The quantitative estimate of drug-likeness (QED) is 0.477. The lowest BCUT2D eigenvalue weighted by molar-refractivity contribution is -0.383. The van der Waals surface area contributed by atoms with Crippen molar-refractivity contribution in [2.45, 2.75) is 33.7 Å². The first kappa shape index (κ1) is 16.7. The van der Waals surface area contributed by atoms with Gasteiger partial charge in [0.1, 0.15) is 5.69 Å². The molecular weight excluding hydrogens is 296 g/mol. The Hall–Kier alpha value is -2.70. The summed E-state index contributed by atoms with van der Waals surface area (Å²) in [6, 6.07) is 6.14. The summed E-state index contributed by atoms with van der Waals surface area (Å²) in [6.45, 7) is 6.46. The van der Waals surface area contributed by atoms with Gasteiger partial charge in [-0.05, 0) is 31.4 Å². The number of aryl methyl sites for hydroxylation is 1. The number of nitro groups is 1. The molecule has 7 nitrogen and oxygen atoms in total. The van der Waals surface area contributed by atoms with Crippen LogP contribution in [0.3, 0.4) is 0 Å². The Morgan fingerprint density at radius 2 is 2.13 bits per heavy atom. The fourth-order valence-corrected chi connectivity index (χ4v) is 2.09. The lowest BCUT2D eigenvalue weighted by Gasteiger charge is -2.06. The second-order valence-corrected chi connectivity index (χ2v) is 5.82. The van der Waals surface area contributed by atoms with E-state index in [2.05, 4.69) is 24.3 Å². The number of nitro benzene ring substituents is 1. The molecule has 2 rings (SSSR count). The van der Waals surface area contributed by atoms with Gasteiger partial charge in [-0.25, -0.2) is 0 Å². The molecule has 0 saturated carbocycles. The number of nitrogens with zero attached hydrogens (tertiary/aromatic N) is 3. The molecule has 0 saturated heterocycles. The van der Waals surface area contributed by atoms with Crippen LogP contribution in [0.4, 0.5) is 17.2 Å². The topological polar surface area (TPSA) is 90.1 Å². The summed E-state index contributed by atoms with van der Waals surface area (Å²) < 4.78 is 1.80. The third kappa shape index (κ3) is 4.38. The maximum Gasteiger partial charge on any atom is 0.293 e. The number of hydrogen-bond acceptors (Lipinski definition) is 5. The van der Waals surface area contributed by atoms with Gasteiger partial charge in [0.2, 0.25) is 0 Å². The lowest BCUT2D eigenvalue weighted by atomic mass is 10.1.